The SMILES string of the molecule is Cc1ccc(C(=O)Nc2ccc(CC(N)=O)cc2)cc1C. The van der Waals surface area contributed by atoms with Gasteiger partial charge in [-0.05, 0) is 54.8 Å². The first-order valence-corrected chi connectivity index (χ1v) is 6.71. The molecule has 0 unspecified atom stereocenters. The van der Waals surface area contributed by atoms with Gasteiger partial charge in [-0.2, -0.15) is 0 Å². The summed E-state index contributed by atoms with van der Waals surface area (Å²) < 4.78 is 0. The monoisotopic (exact) mass is 282 g/mol. The molecule has 0 aliphatic carbocycles. The molecule has 2 rings (SSSR count). The lowest BCUT2D eigenvalue weighted by atomic mass is 10.1. The standard InChI is InChI=1S/C17H18N2O2/c1-11-3-6-14(9-12(11)2)17(21)19-15-7-4-13(5-8-15)10-16(18)20/h3-9H,10H2,1-2H3,(H2,18,20)(H,19,21). The van der Waals surface area contributed by atoms with E-state index in [1.165, 1.54) is 0 Å². The minimum atomic E-state index is -0.373. The molecule has 0 atom stereocenters. The fourth-order valence-corrected chi connectivity index (χ4v) is 1.99. The van der Waals surface area contributed by atoms with E-state index in [0.717, 1.165) is 16.7 Å². The van der Waals surface area contributed by atoms with E-state index in [1.807, 2.05) is 26.0 Å². The van der Waals surface area contributed by atoms with E-state index in [2.05, 4.69) is 5.32 Å². The van der Waals surface area contributed by atoms with Crippen LogP contribution in [-0.4, -0.2) is 11.8 Å². The Morgan fingerprint density at radius 3 is 2.24 bits per heavy atom. The third-order valence-corrected chi connectivity index (χ3v) is 3.36. The van der Waals surface area contributed by atoms with Gasteiger partial charge in [-0.1, -0.05) is 18.2 Å². The molecule has 108 valence electrons. The highest BCUT2D eigenvalue weighted by molar-refractivity contribution is 6.04. The predicted octanol–water partition coefficient (Wildman–Crippen LogP) is 2.58. The molecule has 0 fully saturated rings. The van der Waals surface area contributed by atoms with Crippen LogP contribution in [0.5, 0.6) is 0 Å². The third-order valence-electron chi connectivity index (χ3n) is 3.36. The normalized spacial score (nSPS) is 10.2. The fourth-order valence-electron chi connectivity index (χ4n) is 1.99. The molecule has 2 aromatic rings. The zero-order valence-electron chi connectivity index (χ0n) is 12.1. The smallest absolute Gasteiger partial charge is 0.255 e. The maximum absolute atomic E-state index is 12.2. The summed E-state index contributed by atoms with van der Waals surface area (Å²) in [5.74, 6) is -0.525. The van der Waals surface area contributed by atoms with Crippen LogP contribution in [0, 0.1) is 13.8 Å². The second kappa shape index (κ2) is 6.22. The van der Waals surface area contributed by atoms with Crippen LogP contribution in [0.25, 0.3) is 0 Å². The first-order valence-electron chi connectivity index (χ1n) is 6.71. The number of nitrogens with two attached hydrogens (primary N) is 1. The highest BCUT2D eigenvalue weighted by Crippen LogP contribution is 2.14. The van der Waals surface area contributed by atoms with Gasteiger partial charge < -0.3 is 11.1 Å². The molecule has 0 aliphatic heterocycles. The van der Waals surface area contributed by atoms with Crippen molar-refractivity contribution in [1.82, 2.24) is 0 Å². The van der Waals surface area contributed by atoms with Crippen molar-refractivity contribution in [2.45, 2.75) is 20.3 Å². The highest BCUT2D eigenvalue weighted by Gasteiger charge is 2.07. The summed E-state index contributed by atoms with van der Waals surface area (Å²) in [6.07, 6.45) is 0.200. The van der Waals surface area contributed by atoms with E-state index in [4.69, 9.17) is 5.73 Å². The molecule has 0 aliphatic rings. The summed E-state index contributed by atoms with van der Waals surface area (Å²) in [5, 5.41) is 2.83. The molecule has 0 heterocycles. The zero-order valence-corrected chi connectivity index (χ0v) is 12.1. The van der Waals surface area contributed by atoms with Crippen LogP contribution in [0.1, 0.15) is 27.0 Å². The molecular weight excluding hydrogens is 264 g/mol. The summed E-state index contributed by atoms with van der Waals surface area (Å²) in [4.78, 5) is 23.0. The number of carbonyl (C=O) groups excluding carboxylic acids is 2. The lowest BCUT2D eigenvalue weighted by molar-refractivity contribution is -0.117. The zero-order chi connectivity index (χ0) is 15.4. The highest BCUT2D eigenvalue weighted by atomic mass is 16.2. The van der Waals surface area contributed by atoms with Crippen LogP contribution < -0.4 is 11.1 Å². The van der Waals surface area contributed by atoms with Gasteiger partial charge in [0.15, 0.2) is 0 Å². The number of primary amides is 1. The van der Waals surface area contributed by atoms with Gasteiger partial charge in [0.25, 0.3) is 5.91 Å². The summed E-state index contributed by atoms with van der Waals surface area (Å²) in [6.45, 7) is 3.99. The van der Waals surface area contributed by atoms with Crippen molar-refractivity contribution in [2.24, 2.45) is 5.73 Å². The van der Waals surface area contributed by atoms with Gasteiger partial charge in [0.2, 0.25) is 5.91 Å². The molecule has 4 nitrogen and oxygen atoms in total. The summed E-state index contributed by atoms with van der Waals surface area (Å²) >= 11 is 0. The Labute approximate surface area is 124 Å². The van der Waals surface area contributed by atoms with E-state index >= 15 is 0 Å². The summed E-state index contributed by atoms with van der Waals surface area (Å²) in [6, 6.07) is 12.7. The van der Waals surface area contributed by atoms with Crippen LogP contribution in [-0.2, 0) is 11.2 Å². The second-order valence-corrected chi connectivity index (χ2v) is 5.09. The van der Waals surface area contributed by atoms with Crippen LogP contribution in [0.2, 0.25) is 0 Å². The molecule has 2 amide bonds. The van der Waals surface area contributed by atoms with Crippen LogP contribution in [0.4, 0.5) is 5.69 Å². The largest absolute Gasteiger partial charge is 0.369 e. The van der Waals surface area contributed by atoms with E-state index < -0.39 is 0 Å². The second-order valence-electron chi connectivity index (χ2n) is 5.09. The predicted molar refractivity (Wildman–Crippen MR) is 83.2 cm³/mol. The topological polar surface area (TPSA) is 72.2 Å². The van der Waals surface area contributed by atoms with Gasteiger partial charge in [-0.25, -0.2) is 0 Å². The van der Waals surface area contributed by atoms with Crippen LogP contribution in [0.3, 0.4) is 0 Å². The Balaban J connectivity index is 2.08. The van der Waals surface area contributed by atoms with E-state index in [1.54, 1.807) is 30.3 Å². The first kappa shape index (κ1) is 14.8. The van der Waals surface area contributed by atoms with Crippen molar-refractivity contribution in [3.05, 3.63) is 64.7 Å². The van der Waals surface area contributed by atoms with Gasteiger partial charge >= 0.3 is 0 Å². The molecular formula is C17H18N2O2. The number of nitrogens with one attached hydrogen (secondary N) is 1. The molecule has 0 bridgehead atoms. The van der Waals surface area contributed by atoms with Crippen molar-refractivity contribution in [1.29, 1.82) is 0 Å². The van der Waals surface area contributed by atoms with E-state index in [0.29, 0.717) is 11.3 Å². The van der Waals surface area contributed by atoms with Gasteiger partial charge in [-0.15, -0.1) is 0 Å². The average molecular weight is 282 g/mol. The number of anilines is 1. The molecule has 0 saturated carbocycles. The Morgan fingerprint density at radius 1 is 1.00 bits per heavy atom. The molecule has 21 heavy (non-hydrogen) atoms. The number of hydrogen-bond acceptors (Lipinski definition) is 2. The van der Waals surface area contributed by atoms with E-state index in [-0.39, 0.29) is 18.2 Å². The van der Waals surface area contributed by atoms with Gasteiger partial charge in [0.05, 0.1) is 6.42 Å². The number of rotatable bonds is 4. The Hall–Kier alpha value is -2.62. The average Bonchev–Trinajstić information content (AvgIpc) is 2.43. The first-order chi connectivity index (χ1) is 9.95. The molecule has 2 aromatic carbocycles. The van der Waals surface area contributed by atoms with Crippen LogP contribution in [0.15, 0.2) is 42.5 Å². The van der Waals surface area contributed by atoms with Gasteiger partial charge in [0.1, 0.15) is 0 Å². The van der Waals surface area contributed by atoms with E-state index in [9.17, 15) is 9.59 Å². The van der Waals surface area contributed by atoms with Crippen molar-refractivity contribution in [3.8, 4) is 0 Å². The Kier molecular flexibility index (Phi) is 4.38. The number of aryl methyl sites for hydroxylation is 2. The Bertz CT molecular complexity index is 676. The quantitative estimate of drug-likeness (QED) is 0.904. The fraction of sp³-hybridized carbons (Fsp3) is 0.176. The molecule has 0 saturated heterocycles. The van der Waals surface area contributed by atoms with Gasteiger partial charge in [-0.3, -0.25) is 9.59 Å². The number of carbonyl (C=O) groups is 2. The lowest BCUT2D eigenvalue weighted by Crippen LogP contribution is -2.14. The third kappa shape index (κ3) is 3.92. The molecule has 0 aromatic heterocycles. The van der Waals surface area contributed by atoms with Crippen molar-refractivity contribution in [2.75, 3.05) is 5.32 Å². The van der Waals surface area contributed by atoms with Crippen molar-refractivity contribution >= 4 is 17.5 Å². The minimum Gasteiger partial charge on any atom is -0.369 e. The number of hydrogen-bond donors (Lipinski definition) is 2. The maximum Gasteiger partial charge on any atom is 0.255 e. The summed E-state index contributed by atoms with van der Waals surface area (Å²) in [5.41, 5.74) is 9.51. The lowest BCUT2D eigenvalue weighted by Gasteiger charge is -2.08. The summed E-state index contributed by atoms with van der Waals surface area (Å²) in [7, 11) is 0. The van der Waals surface area contributed by atoms with Crippen LogP contribution >= 0.6 is 0 Å². The maximum atomic E-state index is 12.2. The molecule has 4 heteroatoms. The molecule has 3 N–H and O–H groups in total. The van der Waals surface area contributed by atoms with Crippen molar-refractivity contribution < 1.29 is 9.59 Å². The Morgan fingerprint density at radius 2 is 1.67 bits per heavy atom. The minimum absolute atomic E-state index is 0.152. The number of amides is 2. The van der Waals surface area contributed by atoms with Crippen molar-refractivity contribution in [3.63, 3.8) is 0 Å². The molecule has 0 radical (unpaired) electrons. The molecule has 0 spiro atoms. The van der Waals surface area contributed by atoms with Gasteiger partial charge in [0, 0.05) is 11.3 Å². The number of benzene rings is 2.